The lowest BCUT2D eigenvalue weighted by molar-refractivity contribution is -0.154. The lowest BCUT2D eigenvalue weighted by Crippen LogP contribution is -2.24. The molecule has 0 aliphatic carbocycles. The number of benzene rings is 1. The van der Waals surface area contributed by atoms with Gasteiger partial charge in [0.2, 0.25) is 0 Å². The van der Waals surface area contributed by atoms with Crippen molar-refractivity contribution >= 4 is 17.6 Å². The van der Waals surface area contributed by atoms with E-state index in [0.717, 1.165) is 5.56 Å². The van der Waals surface area contributed by atoms with Gasteiger partial charge in [0, 0.05) is 18.0 Å². The molecule has 0 fully saturated rings. The van der Waals surface area contributed by atoms with Crippen LogP contribution in [0, 0.1) is 5.82 Å². The average Bonchev–Trinajstić information content (AvgIpc) is 2.28. The van der Waals surface area contributed by atoms with Crippen LogP contribution in [-0.4, -0.2) is 18.1 Å². The van der Waals surface area contributed by atoms with E-state index < -0.39 is 5.60 Å². The molecule has 20 heavy (non-hydrogen) atoms. The number of hydrogen-bond acceptors (Lipinski definition) is 3. The Balaban J connectivity index is 2.21. The second-order valence-electron chi connectivity index (χ2n) is 5.60. The normalized spacial score (nSPS) is 11.4. The molecular formula is C15H21ClFNO2. The number of hydrogen-bond donors (Lipinski definition) is 1. The van der Waals surface area contributed by atoms with E-state index in [2.05, 4.69) is 5.32 Å². The quantitative estimate of drug-likeness (QED) is 0.643. The van der Waals surface area contributed by atoms with Gasteiger partial charge in [0.15, 0.2) is 0 Å². The molecule has 0 atom stereocenters. The monoisotopic (exact) mass is 301 g/mol. The van der Waals surface area contributed by atoms with E-state index in [0.29, 0.717) is 31.0 Å². The zero-order chi connectivity index (χ0) is 15.2. The Bertz CT molecular complexity index is 458. The number of esters is 1. The first-order valence-corrected chi connectivity index (χ1v) is 7.02. The molecule has 0 aromatic heterocycles. The number of nitrogens with one attached hydrogen (secondary N) is 1. The first kappa shape index (κ1) is 16.9. The molecule has 0 radical (unpaired) electrons. The highest BCUT2D eigenvalue weighted by atomic mass is 35.5. The highest BCUT2D eigenvalue weighted by Crippen LogP contribution is 2.16. The highest BCUT2D eigenvalue weighted by molar-refractivity contribution is 6.31. The van der Waals surface area contributed by atoms with Gasteiger partial charge in [-0.2, -0.15) is 0 Å². The van der Waals surface area contributed by atoms with Gasteiger partial charge in [0.1, 0.15) is 11.4 Å². The van der Waals surface area contributed by atoms with Crippen LogP contribution in [-0.2, 0) is 16.1 Å². The van der Waals surface area contributed by atoms with E-state index in [9.17, 15) is 9.18 Å². The van der Waals surface area contributed by atoms with Crippen LogP contribution in [0.1, 0.15) is 39.2 Å². The molecule has 0 saturated heterocycles. The van der Waals surface area contributed by atoms with Crippen molar-refractivity contribution in [2.75, 3.05) is 6.54 Å². The Morgan fingerprint density at radius 3 is 2.70 bits per heavy atom. The summed E-state index contributed by atoms with van der Waals surface area (Å²) >= 11 is 5.91. The fourth-order valence-corrected chi connectivity index (χ4v) is 1.87. The molecule has 0 bridgehead atoms. The number of carbonyl (C=O) groups is 1. The van der Waals surface area contributed by atoms with Gasteiger partial charge in [-0.15, -0.1) is 0 Å². The van der Waals surface area contributed by atoms with E-state index in [1.807, 2.05) is 20.8 Å². The molecular weight excluding hydrogens is 281 g/mol. The number of ether oxygens (including phenoxy) is 1. The van der Waals surface area contributed by atoms with Gasteiger partial charge < -0.3 is 10.1 Å². The van der Waals surface area contributed by atoms with Crippen LogP contribution in [0.4, 0.5) is 4.39 Å². The molecule has 0 heterocycles. The molecule has 1 aromatic carbocycles. The molecule has 3 nitrogen and oxygen atoms in total. The zero-order valence-corrected chi connectivity index (χ0v) is 12.9. The maximum absolute atomic E-state index is 12.9. The standard InChI is InChI=1S/C15H21ClFNO2/c1-15(2,3)20-14(19)5-4-8-18-10-11-6-7-12(17)9-13(11)16/h6-7,9,18H,4-5,8,10H2,1-3H3. The molecule has 0 aliphatic heterocycles. The molecule has 0 spiro atoms. The molecule has 0 unspecified atom stereocenters. The Morgan fingerprint density at radius 2 is 2.10 bits per heavy atom. The molecule has 112 valence electrons. The van der Waals surface area contributed by atoms with Crippen LogP contribution in [0.15, 0.2) is 18.2 Å². The van der Waals surface area contributed by atoms with E-state index in [-0.39, 0.29) is 11.8 Å². The Hall–Kier alpha value is -1.13. The summed E-state index contributed by atoms with van der Waals surface area (Å²) in [6.07, 6.45) is 1.06. The average molecular weight is 302 g/mol. The summed E-state index contributed by atoms with van der Waals surface area (Å²) in [6, 6.07) is 4.32. The van der Waals surface area contributed by atoms with E-state index >= 15 is 0 Å². The number of rotatable bonds is 6. The van der Waals surface area contributed by atoms with Gasteiger partial charge in [-0.1, -0.05) is 17.7 Å². The molecule has 5 heteroatoms. The maximum atomic E-state index is 12.9. The van der Waals surface area contributed by atoms with Crippen LogP contribution in [0.5, 0.6) is 0 Å². The van der Waals surface area contributed by atoms with E-state index in [4.69, 9.17) is 16.3 Å². The second kappa shape index (κ2) is 7.60. The minimum atomic E-state index is -0.438. The van der Waals surface area contributed by atoms with Crippen molar-refractivity contribution in [3.05, 3.63) is 34.6 Å². The van der Waals surface area contributed by atoms with E-state index in [1.165, 1.54) is 12.1 Å². The highest BCUT2D eigenvalue weighted by Gasteiger charge is 2.15. The lowest BCUT2D eigenvalue weighted by Gasteiger charge is -2.19. The van der Waals surface area contributed by atoms with Crippen LogP contribution in [0.3, 0.4) is 0 Å². The Kier molecular flexibility index (Phi) is 6.43. The van der Waals surface area contributed by atoms with Gasteiger partial charge in [0.25, 0.3) is 0 Å². The third kappa shape index (κ3) is 6.87. The first-order chi connectivity index (χ1) is 9.28. The molecule has 1 aromatic rings. The third-order valence-electron chi connectivity index (χ3n) is 2.49. The molecule has 1 rings (SSSR count). The predicted molar refractivity (Wildman–Crippen MR) is 78.2 cm³/mol. The largest absolute Gasteiger partial charge is 0.460 e. The summed E-state index contributed by atoms with van der Waals surface area (Å²) in [6.45, 7) is 6.76. The van der Waals surface area contributed by atoms with Crippen molar-refractivity contribution in [3.8, 4) is 0 Å². The predicted octanol–water partition coefficient (Wildman–Crippen LogP) is 3.69. The van der Waals surface area contributed by atoms with Crippen molar-refractivity contribution in [1.82, 2.24) is 5.32 Å². The zero-order valence-electron chi connectivity index (χ0n) is 12.1. The number of carbonyl (C=O) groups excluding carboxylic acids is 1. The first-order valence-electron chi connectivity index (χ1n) is 6.64. The van der Waals surface area contributed by atoms with Crippen LogP contribution in [0.25, 0.3) is 0 Å². The smallest absolute Gasteiger partial charge is 0.306 e. The fourth-order valence-electron chi connectivity index (χ4n) is 1.64. The fraction of sp³-hybridized carbons (Fsp3) is 0.533. The summed E-state index contributed by atoms with van der Waals surface area (Å²) in [4.78, 5) is 11.5. The Morgan fingerprint density at radius 1 is 1.40 bits per heavy atom. The number of halogens is 2. The van der Waals surface area contributed by atoms with Gasteiger partial charge >= 0.3 is 5.97 Å². The molecule has 0 amide bonds. The lowest BCUT2D eigenvalue weighted by atomic mass is 10.2. The summed E-state index contributed by atoms with van der Waals surface area (Å²) in [5.41, 5.74) is 0.400. The van der Waals surface area contributed by atoms with Crippen LogP contribution >= 0.6 is 11.6 Å². The van der Waals surface area contributed by atoms with E-state index in [1.54, 1.807) is 6.07 Å². The van der Waals surface area contributed by atoms with Crippen LogP contribution < -0.4 is 5.32 Å². The van der Waals surface area contributed by atoms with Crippen molar-refractivity contribution in [3.63, 3.8) is 0 Å². The summed E-state index contributed by atoms with van der Waals surface area (Å²) in [7, 11) is 0. The van der Waals surface area contributed by atoms with Gasteiger partial charge in [-0.05, 0) is 51.4 Å². The van der Waals surface area contributed by atoms with Crippen LogP contribution in [0.2, 0.25) is 5.02 Å². The van der Waals surface area contributed by atoms with Gasteiger partial charge in [0.05, 0.1) is 0 Å². The maximum Gasteiger partial charge on any atom is 0.306 e. The molecule has 1 N–H and O–H groups in total. The third-order valence-corrected chi connectivity index (χ3v) is 2.84. The SMILES string of the molecule is CC(C)(C)OC(=O)CCCNCc1ccc(F)cc1Cl. The minimum absolute atomic E-state index is 0.195. The second-order valence-corrected chi connectivity index (χ2v) is 6.01. The minimum Gasteiger partial charge on any atom is -0.460 e. The van der Waals surface area contributed by atoms with Crippen molar-refractivity contribution in [2.24, 2.45) is 0 Å². The van der Waals surface area contributed by atoms with Crippen molar-refractivity contribution < 1.29 is 13.9 Å². The van der Waals surface area contributed by atoms with Crippen molar-refractivity contribution in [1.29, 1.82) is 0 Å². The Labute approximate surface area is 124 Å². The molecule has 0 aliphatic rings. The van der Waals surface area contributed by atoms with Gasteiger partial charge in [-0.25, -0.2) is 4.39 Å². The van der Waals surface area contributed by atoms with Crippen molar-refractivity contribution in [2.45, 2.75) is 45.8 Å². The van der Waals surface area contributed by atoms with Gasteiger partial charge in [-0.3, -0.25) is 4.79 Å². The summed E-state index contributed by atoms with van der Waals surface area (Å²) in [5, 5.41) is 3.57. The summed E-state index contributed by atoms with van der Waals surface area (Å²) < 4.78 is 18.1. The topological polar surface area (TPSA) is 38.3 Å². The molecule has 0 saturated carbocycles. The summed E-state index contributed by atoms with van der Waals surface area (Å²) in [5.74, 6) is -0.539.